The van der Waals surface area contributed by atoms with Crippen LogP contribution in [-0.4, -0.2) is 35.7 Å². The summed E-state index contributed by atoms with van der Waals surface area (Å²) in [6, 6.07) is 8.38. The Kier molecular flexibility index (Phi) is 5.05. The summed E-state index contributed by atoms with van der Waals surface area (Å²) in [5.41, 5.74) is 4.00. The van der Waals surface area contributed by atoms with Crippen LogP contribution in [0.25, 0.3) is 16.9 Å². The van der Waals surface area contributed by atoms with Crippen molar-refractivity contribution in [1.29, 1.82) is 0 Å². The van der Waals surface area contributed by atoms with Crippen LogP contribution in [-0.2, 0) is 13.0 Å². The highest BCUT2D eigenvalue weighted by atomic mass is 16.1. The fraction of sp³-hybridized carbons (Fsp3) is 0.391. The Hall–Kier alpha value is -3.46. The monoisotopic (exact) mass is 432 g/mol. The maximum absolute atomic E-state index is 13.1. The zero-order valence-electron chi connectivity index (χ0n) is 18.8. The lowest BCUT2D eigenvalue weighted by atomic mass is 10.0. The fourth-order valence-corrected chi connectivity index (χ4v) is 4.16. The lowest BCUT2D eigenvalue weighted by Crippen LogP contribution is -2.24. The Morgan fingerprint density at radius 3 is 2.69 bits per heavy atom. The molecule has 2 N–H and O–H groups in total. The Morgan fingerprint density at radius 1 is 1.09 bits per heavy atom. The minimum Gasteiger partial charge on any atom is -0.324 e. The van der Waals surface area contributed by atoms with Gasteiger partial charge in [0, 0.05) is 42.8 Å². The van der Waals surface area contributed by atoms with Gasteiger partial charge in [0.1, 0.15) is 5.39 Å². The van der Waals surface area contributed by atoms with E-state index in [2.05, 4.69) is 46.7 Å². The van der Waals surface area contributed by atoms with Crippen LogP contribution in [0.3, 0.4) is 0 Å². The first kappa shape index (κ1) is 20.4. The summed E-state index contributed by atoms with van der Waals surface area (Å²) in [6.45, 7) is 9.97. The number of nitrogens with zero attached hydrogens (tertiary/aromatic N) is 6. The number of benzene rings is 1. The van der Waals surface area contributed by atoms with E-state index in [0.29, 0.717) is 22.8 Å². The Bertz CT molecular complexity index is 1340. The summed E-state index contributed by atoms with van der Waals surface area (Å²) >= 11 is 0. The molecule has 9 nitrogen and oxygen atoms in total. The molecule has 0 atom stereocenters. The maximum Gasteiger partial charge on any atom is 0.278 e. The quantitative estimate of drug-likeness (QED) is 0.502. The number of aromatic nitrogens is 6. The number of nitrogens with one attached hydrogen (secondary N) is 2. The van der Waals surface area contributed by atoms with Crippen LogP contribution in [0.2, 0.25) is 0 Å². The molecule has 32 heavy (non-hydrogen) atoms. The van der Waals surface area contributed by atoms with Crippen LogP contribution in [0.4, 0.5) is 11.6 Å². The smallest absolute Gasteiger partial charge is 0.278 e. The van der Waals surface area contributed by atoms with Crippen molar-refractivity contribution in [3.63, 3.8) is 0 Å². The van der Waals surface area contributed by atoms with Crippen LogP contribution < -0.4 is 16.2 Å². The standard InChI is InChI=1S/C23H28N8O/c1-14(2)29-10-8-20(28-29)31-21-19(22(32)30(31)15(3)4)13-25-23(27-21)26-18-6-5-17-12-24-9-7-16(17)11-18/h5-6,8,10-11,13-15,24H,7,9,12H2,1-4H3,(H,25,26,27). The van der Waals surface area contributed by atoms with E-state index in [4.69, 9.17) is 4.98 Å². The van der Waals surface area contributed by atoms with Crippen molar-refractivity contribution in [1.82, 2.24) is 34.4 Å². The van der Waals surface area contributed by atoms with Crippen molar-refractivity contribution in [2.75, 3.05) is 11.9 Å². The van der Waals surface area contributed by atoms with E-state index in [1.54, 1.807) is 15.6 Å². The first-order valence-electron chi connectivity index (χ1n) is 11.1. The number of anilines is 2. The number of fused-ring (bicyclic) bond motifs is 2. The highest BCUT2D eigenvalue weighted by Crippen LogP contribution is 2.23. The normalized spacial score (nSPS) is 13.8. The van der Waals surface area contributed by atoms with E-state index >= 15 is 0 Å². The molecule has 4 aromatic rings. The predicted octanol–water partition coefficient (Wildman–Crippen LogP) is 3.33. The molecule has 4 heterocycles. The second-order valence-electron chi connectivity index (χ2n) is 8.77. The highest BCUT2D eigenvalue weighted by Gasteiger charge is 2.21. The molecule has 1 aromatic carbocycles. The van der Waals surface area contributed by atoms with Gasteiger partial charge in [-0.25, -0.2) is 14.3 Å². The summed E-state index contributed by atoms with van der Waals surface area (Å²) in [4.78, 5) is 22.3. The lowest BCUT2D eigenvalue weighted by molar-refractivity contribution is 0.463. The van der Waals surface area contributed by atoms with Gasteiger partial charge in [-0.05, 0) is 63.9 Å². The fourth-order valence-electron chi connectivity index (χ4n) is 4.16. The summed E-state index contributed by atoms with van der Waals surface area (Å²) in [6.07, 6.45) is 4.52. The number of hydrogen-bond donors (Lipinski definition) is 2. The van der Waals surface area contributed by atoms with Gasteiger partial charge in [-0.3, -0.25) is 9.48 Å². The molecular formula is C23H28N8O. The molecule has 0 fully saturated rings. The second-order valence-corrected chi connectivity index (χ2v) is 8.77. The van der Waals surface area contributed by atoms with Gasteiger partial charge in [-0.2, -0.15) is 10.1 Å². The van der Waals surface area contributed by atoms with Crippen LogP contribution >= 0.6 is 0 Å². The Balaban J connectivity index is 1.60. The van der Waals surface area contributed by atoms with Crippen molar-refractivity contribution in [2.24, 2.45) is 0 Å². The largest absolute Gasteiger partial charge is 0.324 e. The van der Waals surface area contributed by atoms with Gasteiger partial charge < -0.3 is 10.6 Å². The van der Waals surface area contributed by atoms with Crippen LogP contribution in [0.5, 0.6) is 0 Å². The SMILES string of the molecule is CC(C)n1ccc(-n2c3nc(Nc4ccc5c(c4)CCNC5)ncc3c(=O)n2C(C)C)n1. The van der Waals surface area contributed by atoms with Crippen molar-refractivity contribution in [3.05, 3.63) is 58.1 Å². The van der Waals surface area contributed by atoms with E-state index in [1.807, 2.05) is 36.9 Å². The van der Waals surface area contributed by atoms with Crippen molar-refractivity contribution in [2.45, 2.75) is 52.7 Å². The van der Waals surface area contributed by atoms with Crippen molar-refractivity contribution < 1.29 is 0 Å². The molecule has 0 bridgehead atoms. The molecule has 0 aliphatic carbocycles. The molecule has 0 saturated carbocycles. The lowest BCUT2D eigenvalue weighted by Gasteiger charge is -2.18. The van der Waals surface area contributed by atoms with E-state index in [-0.39, 0.29) is 17.6 Å². The zero-order chi connectivity index (χ0) is 22.4. The molecule has 3 aromatic heterocycles. The molecule has 166 valence electrons. The van der Waals surface area contributed by atoms with E-state index in [9.17, 15) is 4.79 Å². The van der Waals surface area contributed by atoms with Gasteiger partial charge in [0.2, 0.25) is 5.95 Å². The molecule has 9 heteroatoms. The van der Waals surface area contributed by atoms with Crippen molar-refractivity contribution in [3.8, 4) is 5.82 Å². The van der Waals surface area contributed by atoms with Gasteiger partial charge in [0.05, 0.1) is 0 Å². The van der Waals surface area contributed by atoms with Crippen LogP contribution in [0.1, 0.15) is 50.9 Å². The van der Waals surface area contributed by atoms with Crippen LogP contribution in [0, 0.1) is 0 Å². The molecule has 1 aliphatic rings. The average Bonchev–Trinajstić information content (AvgIpc) is 3.37. The number of hydrogen-bond acceptors (Lipinski definition) is 6. The summed E-state index contributed by atoms with van der Waals surface area (Å²) in [5, 5.41) is 11.9. The third kappa shape index (κ3) is 3.48. The average molecular weight is 433 g/mol. The van der Waals surface area contributed by atoms with E-state index in [0.717, 1.165) is 25.2 Å². The zero-order valence-corrected chi connectivity index (χ0v) is 18.8. The molecular weight excluding hydrogens is 404 g/mol. The first-order valence-corrected chi connectivity index (χ1v) is 11.1. The van der Waals surface area contributed by atoms with Crippen molar-refractivity contribution >= 4 is 22.7 Å². The molecule has 0 radical (unpaired) electrons. The van der Waals surface area contributed by atoms with Gasteiger partial charge >= 0.3 is 0 Å². The molecule has 0 amide bonds. The Labute approximate surface area is 186 Å². The summed E-state index contributed by atoms with van der Waals surface area (Å²) in [5.74, 6) is 1.11. The van der Waals surface area contributed by atoms with E-state index < -0.39 is 0 Å². The van der Waals surface area contributed by atoms with Gasteiger partial charge in [-0.1, -0.05) is 6.07 Å². The highest BCUT2D eigenvalue weighted by molar-refractivity contribution is 5.77. The molecule has 5 rings (SSSR count). The van der Waals surface area contributed by atoms with Gasteiger partial charge in [0.15, 0.2) is 11.5 Å². The third-order valence-corrected chi connectivity index (χ3v) is 5.80. The minimum atomic E-state index is -0.123. The third-order valence-electron chi connectivity index (χ3n) is 5.80. The molecule has 0 spiro atoms. The molecule has 0 saturated heterocycles. The topological polar surface area (TPSA) is 94.6 Å². The Morgan fingerprint density at radius 2 is 1.94 bits per heavy atom. The molecule has 1 aliphatic heterocycles. The summed E-state index contributed by atoms with van der Waals surface area (Å²) in [7, 11) is 0. The minimum absolute atomic E-state index is 0.0634. The van der Waals surface area contributed by atoms with E-state index in [1.165, 1.54) is 11.1 Å². The molecule has 0 unspecified atom stereocenters. The first-order chi connectivity index (χ1) is 15.4. The van der Waals surface area contributed by atoms with Crippen LogP contribution in [0.15, 0.2) is 41.5 Å². The predicted molar refractivity (Wildman–Crippen MR) is 125 cm³/mol. The second kappa shape index (κ2) is 7.90. The van der Waals surface area contributed by atoms with Gasteiger partial charge in [0.25, 0.3) is 5.56 Å². The number of rotatable bonds is 5. The maximum atomic E-state index is 13.1. The summed E-state index contributed by atoms with van der Waals surface area (Å²) < 4.78 is 5.35. The van der Waals surface area contributed by atoms with Gasteiger partial charge in [-0.15, -0.1) is 0 Å².